The van der Waals surface area contributed by atoms with E-state index in [0.29, 0.717) is 45.8 Å². The van der Waals surface area contributed by atoms with Crippen LogP contribution in [0.3, 0.4) is 0 Å². The first-order chi connectivity index (χ1) is 11.9. The lowest BCUT2D eigenvalue weighted by Crippen LogP contribution is -2.52. The number of halogens is 2. The van der Waals surface area contributed by atoms with Gasteiger partial charge in [-0.25, -0.2) is 13.6 Å². The first-order valence-corrected chi connectivity index (χ1v) is 8.45. The Morgan fingerprint density at radius 1 is 1.04 bits per heavy atom. The van der Waals surface area contributed by atoms with Crippen LogP contribution in [-0.2, 0) is 4.79 Å². The number of piperazine rings is 1. The van der Waals surface area contributed by atoms with E-state index in [2.05, 4.69) is 5.32 Å². The van der Waals surface area contributed by atoms with Gasteiger partial charge in [-0.3, -0.25) is 9.69 Å². The molecule has 1 aromatic rings. The number of hydrogen-bond acceptors (Lipinski definition) is 3. The number of amides is 3. The van der Waals surface area contributed by atoms with Gasteiger partial charge in [0.05, 0.1) is 6.54 Å². The molecule has 25 heavy (non-hydrogen) atoms. The largest absolute Gasteiger partial charge is 0.342 e. The summed E-state index contributed by atoms with van der Waals surface area (Å²) in [5, 5.41) is 2.50. The fourth-order valence-corrected chi connectivity index (χ4v) is 2.81. The lowest BCUT2D eigenvalue weighted by atomic mass is 10.3. The SMILES string of the molecule is CCN(CC)C(=O)CN1CCN(C(=O)Nc2cc(F)cc(F)c2)CC1. The molecule has 0 unspecified atom stereocenters. The summed E-state index contributed by atoms with van der Waals surface area (Å²) in [6, 6.07) is 2.49. The maximum absolute atomic E-state index is 13.2. The molecule has 1 fully saturated rings. The Hall–Kier alpha value is -2.22. The lowest BCUT2D eigenvalue weighted by molar-refractivity contribution is -0.132. The zero-order valence-corrected chi connectivity index (χ0v) is 14.6. The molecule has 3 amide bonds. The molecule has 0 aromatic heterocycles. The molecule has 2 rings (SSSR count). The number of carbonyl (C=O) groups is 2. The van der Waals surface area contributed by atoms with Gasteiger partial charge in [-0.15, -0.1) is 0 Å². The van der Waals surface area contributed by atoms with E-state index in [9.17, 15) is 18.4 Å². The highest BCUT2D eigenvalue weighted by atomic mass is 19.1. The molecule has 6 nitrogen and oxygen atoms in total. The monoisotopic (exact) mass is 354 g/mol. The van der Waals surface area contributed by atoms with E-state index in [1.807, 2.05) is 18.7 Å². The van der Waals surface area contributed by atoms with Crippen LogP contribution in [0.5, 0.6) is 0 Å². The van der Waals surface area contributed by atoms with Crippen LogP contribution >= 0.6 is 0 Å². The van der Waals surface area contributed by atoms with Crippen molar-refractivity contribution in [1.29, 1.82) is 0 Å². The number of hydrogen-bond donors (Lipinski definition) is 1. The van der Waals surface area contributed by atoms with Crippen molar-refractivity contribution >= 4 is 17.6 Å². The molecule has 138 valence electrons. The molecule has 0 atom stereocenters. The fraction of sp³-hybridized carbons (Fsp3) is 0.529. The van der Waals surface area contributed by atoms with Crippen LogP contribution in [0.4, 0.5) is 19.3 Å². The summed E-state index contributed by atoms with van der Waals surface area (Å²) in [7, 11) is 0. The van der Waals surface area contributed by atoms with Crippen molar-refractivity contribution in [2.45, 2.75) is 13.8 Å². The Morgan fingerprint density at radius 3 is 2.12 bits per heavy atom. The molecule has 1 aliphatic heterocycles. The van der Waals surface area contributed by atoms with Crippen LogP contribution in [-0.4, -0.2) is 72.5 Å². The molecule has 1 heterocycles. The van der Waals surface area contributed by atoms with Gasteiger partial charge in [-0.05, 0) is 26.0 Å². The predicted octanol–water partition coefficient (Wildman–Crippen LogP) is 1.98. The molecular formula is C17H24F2N4O2. The summed E-state index contributed by atoms with van der Waals surface area (Å²) in [6.45, 7) is 7.66. The van der Waals surface area contributed by atoms with Gasteiger partial charge in [0, 0.05) is 51.0 Å². The Bertz CT molecular complexity index is 594. The molecule has 0 saturated carbocycles. The average Bonchev–Trinajstić information content (AvgIpc) is 2.55. The zero-order chi connectivity index (χ0) is 18.4. The number of rotatable bonds is 5. The number of likely N-dealkylation sites (N-methyl/N-ethyl adjacent to an activating group) is 1. The standard InChI is InChI=1S/C17H24F2N4O2/c1-3-22(4-2)16(24)12-21-5-7-23(8-6-21)17(25)20-15-10-13(18)9-14(19)11-15/h9-11H,3-8,12H2,1-2H3,(H,20,25). The van der Waals surface area contributed by atoms with Crippen LogP contribution in [0, 0.1) is 11.6 Å². The van der Waals surface area contributed by atoms with E-state index in [4.69, 9.17) is 0 Å². The second kappa shape index (κ2) is 8.75. The molecule has 0 aliphatic carbocycles. The highest BCUT2D eigenvalue weighted by Gasteiger charge is 2.23. The number of anilines is 1. The number of urea groups is 1. The van der Waals surface area contributed by atoms with Crippen LogP contribution < -0.4 is 5.32 Å². The van der Waals surface area contributed by atoms with Crippen LogP contribution in [0.15, 0.2) is 18.2 Å². The van der Waals surface area contributed by atoms with Gasteiger partial charge in [-0.1, -0.05) is 0 Å². The van der Waals surface area contributed by atoms with Gasteiger partial charge in [0.1, 0.15) is 11.6 Å². The third-order valence-corrected chi connectivity index (χ3v) is 4.25. The van der Waals surface area contributed by atoms with Gasteiger partial charge in [-0.2, -0.15) is 0 Å². The predicted molar refractivity (Wildman–Crippen MR) is 91.3 cm³/mol. The molecule has 1 N–H and O–H groups in total. The minimum atomic E-state index is -0.741. The minimum absolute atomic E-state index is 0.0816. The molecule has 1 aliphatic rings. The van der Waals surface area contributed by atoms with Crippen molar-refractivity contribution in [3.8, 4) is 0 Å². The quantitative estimate of drug-likeness (QED) is 0.880. The van der Waals surface area contributed by atoms with Crippen molar-refractivity contribution in [3.05, 3.63) is 29.8 Å². The van der Waals surface area contributed by atoms with Crippen molar-refractivity contribution in [2.24, 2.45) is 0 Å². The second-order valence-electron chi connectivity index (χ2n) is 5.92. The van der Waals surface area contributed by atoms with Crippen LogP contribution in [0.1, 0.15) is 13.8 Å². The van der Waals surface area contributed by atoms with E-state index in [0.717, 1.165) is 18.2 Å². The number of nitrogens with zero attached hydrogens (tertiary/aromatic N) is 3. The molecule has 0 bridgehead atoms. The summed E-state index contributed by atoms with van der Waals surface area (Å²) in [5.41, 5.74) is 0.0849. The highest BCUT2D eigenvalue weighted by molar-refractivity contribution is 5.89. The first kappa shape index (κ1) is 19.1. The third-order valence-electron chi connectivity index (χ3n) is 4.25. The van der Waals surface area contributed by atoms with Crippen molar-refractivity contribution in [2.75, 3.05) is 51.1 Å². The van der Waals surface area contributed by atoms with Crippen LogP contribution in [0.25, 0.3) is 0 Å². The minimum Gasteiger partial charge on any atom is -0.342 e. The Balaban J connectivity index is 1.83. The van der Waals surface area contributed by atoms with Crippen molar-refractivity contribution in [3.63, 3.8) is 0 Å². The van der Waals surface area contributed by atoms with E-state index >= 15 is 0 Å². The summed E-state index contributed by atoms with van der Waals surface area (Å²) in [5.74, 6) is -1.40. The molecule has 1 aromatic carbocycles. The van der Waals surface area contributed by atoms with Gasteiger partial charge < -0.3 is 15.1 Å². The Labute approximate surface area is 146 Å². The van der Waals surface area contributed by atoms with Crippen LogP contribution in [0.2, 0.25) is 0 Å². The summed E-state index contributed by atoms with van der Waals surface area (Å²) in [4.78, 5) is 29.7. The number of nitrogens with one attached hydrogen (secondary N) is 1. The smallest absolute Gasteiger partial charge is 0.321 e. The molecular weight excluding hydrogens is 330 g/mol. The zero-order valence-electron chi connectivity index (χ0n) is 14.6. The average molecular weight is 354 g/mol. The maximum atomic E-state index is 13.2. The van der Waals surface area contributed by atoms with Gasteiger partial charge in [0.25, 0.3) is 0 Å². The van der Waals surface area contributed by atoms with Gasteiger partial charge in [0.2, 0.25) is 5.91 Å². The Morgan fingerprint density at radius 2 is 1.60 bits per heavy atom. The number of carbonyl (C=O) groups excluding carboxylic acids is 2. The van der Waals surface area contributed by atoms with Gasteiger partial charge >= 0.3 is 6.03 Å². The lowest BCUT2D eigenvalue weighted by Gasteiger charge is -2.35. The Kier molecular flexibility index (Phi) is 6.69. The maximum Gasteiger partial charge on any atom is 0.321 e. The third kappa shape index (κ3) is 5.38. The molecule has 0 spiro atoms. The van der Waals surface area contributed by atoms with E-state index in [1.165, 1.54) is 0 Å². The molecule has 1 saturated heterocycles. The molecule has 0 radical (unpaired) electrons. The highest BCUT2D eigenvalue weighted by Crippen LogP contribution is 2.14. The topological polar surface area (TPSA) is 55.9 Å². The first-order valence-electron chi connectivity index (χ1n) is 8.45. The fourth-order valence-electron chi connectivity index (χ4n) is 2.81. The van der Waals surface area contributed by atoms with E-state index in [-0.39, 0.29) is 11.6 Å². The normalized spacial score (nSPS) is 15.1. The van der Waals surface area contributed by atoms with E-state index in [1.54, 1.807) is 9.80 Å². The van der Waals surface area contributed by atoms with Crippen molar-refractivity contribution < 1.29 is 18.4 Å². The summed E-state index contributed by atoms with van der Waals surface area (Å²) < 4.78 is 26.3. The van der Waals surface area contributed by atoms with E-state index < -0.39 is 17.7 Å². The second-order valence-corrected chi connectivity index (χ2v) is 5.92. The molecule has 8 heteroatoms. The number of benzene rings is 1. The van der Waals surface area contributed by atoms with Crippen molar-refractivity contribution in [1.82, 2.24) is 14.7 Å². The summed E-state index contributed by atoms with van der Waals surface area (Å²) in [6.07, 6.45) is 0. The summed E-state index contributed by atoms with van der Waals surface area (Å²) >= 11 is 0. The van der Waals surface area contributed by atoms with Gasteiger partial charge in [0.15, 0.2) is 0 Å².